The molecule has 0 saturated carbocycles. The summed E-state index contributed by atoms with van der Waals surface area (Å²) in [6.07, 6.45) is 2.18. The van der Waals surface area contributed by atoms with E-state index in [2.05, 4.69) is 46.6 Å². The third-order valence-electron chi connectivity index (χ3n) is 2.63. The van der Waals surface area contributed by atoms with E-state index in [9.17, 15) is 4.79 Å². The molecule has 0 radical (unpaired) electrons. The van der Waals surface area contributed by atoms with E-state index < -0.39 is 0 Å². The van der Waals surface area contributed by atoms with Crippen LogP contribution in [0.4, 0.5) is 0 Å². The van der Waals surface area contributed by atoms with Crippen LogP contribution in [0.3, 0.4) is 0 Å². The molecule has 0 spiro atoms. The van der Waals surface area contributed by atoms with Gasteiger partial charge in [0.1, 0.15) is 0 Å². The standard InChI is InChI=1S/C13H17NO.C3H8.W/c1-13(2,3)14(4)9-11-7-5-6-8-12(11)10-15;1-3-2;/h5-8,10H,1-4H3;3H2,1-2H3;. The maximum atomic E-state index is 11.0. The van der Waals surface area contributed by atoms with Crippen molar-refractivity contribution in [3.8, 4) is 0 Å². The molecule has 2 nitrogen and oxygen atoms in total. The molecule has 106 valence electrons. The Balaban J connectivity index is 0.000000982. The van der Waals surface area contributed by atoms with Gasteiger partial charge in [-0.2, -0.15) is 0 Å². The van der Waals surface area contributed by atoms with Gasteiger partial charge in [0.05, 0.1) is 0 Å². The summed E-state index contributed by atoms with van der Waals surface area (Å²) in [5, 5.41) is 0. The number of carbonyl (C=O) groups excluding carboxylic acids is 1. The summed E-state index contributed by atoms with van der Waals surface area (Å²) in [7, 11) is 2.07. The van der Waals surface area contributed by atoms with Crippen LogP contribution in [0.2, 0.25) is 0 Å². The van der Waals surface area contributed by atoms with Crippen LogP contribution < -0.4 is 0 Å². The van der Waals surface area contributed by atoms with Gasteiger partial charge in [-0.25, -0.2) is 0 Å². The summed E-state index contributed by atoms with van der Waals surface area (Å²) in [6, 6.07) is 7.74. The Hall–Kier alpha value is -0.592. The summed E-state index contributed by atoms with van der Waals surface area (Å²) in [5.41, 5.74) is 1.89. The van der Waals surface area contributed by atoms with Crippen LogP contribution in [0.25, 0.3) is 0 Å². The van der Waals surface area contributed by atoms with Crippen LogP contribution in [0.1, 0.15) is 57.0 Å². The van der Waals surface area contributed by atoms with E-state index in [1.54, 1.807) is 0 Å². The Kier molecular flexibility index (Phi) is 8.29. The predicted molar refractivity (Wildman–Crippen MR) is 79.4 cm³/mol. The quantitative estimate of drug-likeness (QED) is 0.681. The summed E-state index contributed by atoms with van der Waals surface area (Å²) in [5.74, 6) is 0. The fourth-order valence-electron chi connectivity index (χ4n) is 1.28. The van der Waals surface area contributed by atoms with E-state index >= 15 is 0 Å². The van der Waals surface area contributed by atoms with Crippen molar-refractivity contribution in [2.45, 2.75) is 46.6 Å². The normalized spacial score (nSPS) is 10.7. The molecule has 0 saturated heterocycles. The van der Waals surface area contributed by atoms with Gasteiger partial charge in [-0.05, 0) is 0 Å². The zero-order chi connectivity index (χ0) is 15.1. The SMILES string of the molecule is CCC.CN([C](=[W])c1ccccc1C=O)C(C)(C)C. The second-order valence-electron chi connectivity index (χ2n) is 5.45. The summed E-state index contributed by atoms with van der Waals surface area (Å²) in [4.78, 5) is 13.2. The maximum absolute atomic E-state index is 11.0. The van der Waals surface area contributed by atoms with Crippen LogP contribution >= 0.6 is 0 Å². The molecule has 0 N–H and O–H groups in total. The molecule has 0 unspecified atom stereocenters. The van der Waals surface area contributed by atoms with Gasteiger partial charge in [0.15, 0.2) is 0 Å². The molecule has 0 aromatic heterocycles. The van der Waals surface area contributed by atoms with Crippen molar-refractivity contribution in [3.63, 3.8) is 0 Å². The van der Waals surface area contributed by atoms with Crippen molar-refractivity contribution in [2.24, 2.45) is 0 Å². The monoisotopic (exact) mass is 431 g/mol. The number of hydrogen-bond donors (Lipinski definition) is 0. The summed E-state index contributed by atoms with van der Waals surface area (Å²) >= 11 is 1.38. The van der Waals surface area contributed by atoms with Gasteiger partial charge < -0.3 is 0 Å². The van der Waals surface area contributed by atoms with Crippen molar-refractivity contribution in [1.82, 2.24) is 4.90 Å². The van der Waals surface area contributed by atoms with Crippen molar-refractivity contribution in [1.29, 1.82) is 0 Å². The minimum absolute atomic E-state index is 0.0765. The molecule has 19 heavy (non-hydrogen) atoms. The first-order valence-corrected chi connectivity index (χ1v) is 8.08. The van der Waals surface area contributed by atoms with Gasteiger partial charge in [0, 0.05) is 0 Å². The van der Waals surface area contributed by atoms with Crippen LogP contribution in [0, 0.1) is 0 Å². The Labute approximate surface area is 128 Å². The van der Waals surface area contributed by atoms with Gasteiger partial charge in [0.25, 0.3) is 0 Å². The molecule has 0 atom stereocenters. The van der Waals surface area contributed by atoms with E-state index in [1.165, 1.54) is 29.8 Å². The van der Waals surface area contributed by atoms with Crippen LogP contribution in [-0.4, -0.2) is 27.8 Å². The molecule has 3 heteroatoms. The summed E-state index contributed by atoms with van der Waals surface area (Å²) < 4.78 is 1.20. The van der Waals surface area contributed by atoms with E-state index in [4.69, 9.17) is 0 Å². The fraction of sp³-hybridized carbons (Fsp3) is 0.500. The first-order valence-electron chi connectivity index (χ1n) is 6.61. The van der Waals surface area contributed by atoms with Crippen LogP contribution in [-0.2, 0) is 19.4 Å². The molecular formula is C16H25NOW. The average molecular weight is 431 g/mol. The topological polar surface area (TPSA) is 20.3 Å². The Morgan fingerprint density at radius 1 is 1.26 bits per heavy atom. The first kappa shape index (κ1) is 18.4. The van der Waals surface area contributed by atoms with Gasteiger partial charge in [-0.3, -0.25) is 0 Å². The Bertz CT molecular complexity index is 421. The molecular weight excluding hydrogens is 406 g/mol. The van der Waals surface area contributed by atoms with Gasteiger partial charge in [-0.15, -0.1) is 0 Å². The van der Waals surface area contributed by atoms with Crippen LogP contribution in [0.5, 0.6) is 0 Å². The van der Waals surface area contributed by atoms with Gasteiger partial charge in [-0.1, -0.05) is 20.3 Å². The Morgan fingerprint density at radius 3 is 2.16 bits per heavy atom. The predicted octanol–water partition coefficient (Wildman–Crippen LogP) is 3.67. The number of aldehydes is 1. The van der Waals surface area contributed by atoms with Gasteiger partial charge >= 0.3 is 108 Å². The zero-order valence-electron chi connectivity index (χ0n) is 12.9. The average Bonchev–Trinajstić information content (AvgIpc) is 2.36. The van der Waals surface area contributed by atoms with Crippen molar-refractivity contribution in [3.05, 3.63) is 35.4 Å². The molecule has 0 aliphatic carbocycles. The second-order valence-corrected chi connectivity index (χ2v) is 6.84. The molecule has 1 rings (SSSR count). The van der Waals surface area contributed by atoms with E-state index in [1.807, 2.05) is 24.3 Å². The minimum atomic E-state index is 0.0765. The second kappa shape index (κ2) is 8.55. The number of nitrogens with zero attached hydrogens (tertiary/aromatic N) is 1. The van der Waals surface area contributed by atoms with Crippen molar-refractivity contribution < 1.29 is 24.1 Å². The Morgan fingerprint density at radius 2 is 1.74 bits per heavy atom. The van der Waals surface area contributed by atoms with E-state index in [-0.39, 0.29) is 5.54 Å². The summed E-state index contributed by atoms with van der Waals surface area (Å²) in [6.45, 7) is 10.7. The molecule has 0 fully saturated rings. The molecule has 0 amide bonds. The molecule has 0 heterocycles. The van der Waals surface area contributed by atoms with Crippen molar-refractivity contribution >= 4 is 10.3 Å². The molecule has 1 aromatic carbocycles. The van der Waals surface area contributed by atoms with E-state index in [0.717, 1.165) is 17.4 Å². The fourth-order valence-corrected chi connectivity index (χ4v) is 2.93. The third-order valence-corrected chi connectivity index (χ3v) is 4.40. The van der Waals surface area contributed by atoms with Crippen LogP contribution in [0.15, 0.2) is 24.3 Å². The number of carbonyl (C=O) groups is 1. The molecule has 0 aliphatic heterocycles. The first-order chi connectivity index (χ1) is 8.79. The zero-order valence-corrected chi connectivity index (χ0v) is 15.8. The van der Waals surface area contributed by atoms with E-state index in [0.29, 0.717) is 0 Å². The number of benzene rings is 1. The number of hydrogen-bond acceptors (Lipinski definition) is 2. The molecule has 0 bridgehead atoms. The molecule has 0 aliphatic rings. The third kappa shape index (κ3) is 5.93. The van der Waals surface area contributed by atoms with Gasteiger partial charge in [0.2, 0.25) is 0 Å². The molecule has 1 aromatic rings. The number of rotatable bonds is 3. The van der Waals surface area contributed by atoms with Crippen molar-refractivity contribution in [2.75, 3.05) is 7.05 Å².